The van der Waals surface area contributed by atoms with Crippen molar-refractivity contribution in [3.8, 4) is 0 Å². The van der Waals surface area contributed by atoms with Crippen LogP contribution in [0.5, 0.6) is 0 Å². The largest absolute Gasteiger partial charge is 0.319 e. The van der Waals surface area contributed by atoms with Gasteiger partial charge in [0.05, 0.1) is 22.4 Å². The molecule has 1 aliphatic rings. The van der Waals surface area contributed by atoms with Crippen LogP contribution >= 0.6 is 15.9 Å². The second kappa shape index (κ2) is 5.70. The molecule has 0 bridgehead atoms. The lowest BCUT2D eigenvalue weighted by Crippen LogP contribution is -2.18. The molecule has 106 valence electrons. The van der Waals surface area contributed by atoms with Gasteiger partial charge in [-0.3, -0.25) is 4.68 Å². The SMILES string of the molecule is CCCn1ncc(Br)c1C(N)c1ccc2c(c1)CCC2. The Balaban J connectivity index is 1.96. The third-order valence-corrected chi connectivity index (χ3v) is 4.66. The summed E-state index contributed by atoms with van der Waals surface area (Å²) in [4.78, 5) is 0. The van der Waals surface area contributed by atoms with Gasteiger partial charge in [-0.1, -0.05) is 25.1 Å². The lowest BCUT2D eigenvalue weighted by atomic mass is 9.99. The number of halogens is 1. The molecule has 0 radical (unpaired) electrons. The van der Waals surface area contributed by atoms with E-state index in [-0.39, 0.29) is 6.04 Å². The summed E-state index contributed by atoms with van der Waals surface area (Å²) in [6.45, 7) is 3.06. The zero-order chi connectivity index (χ0) is 14.1. The average Bonchev–Trinajstić information content (AvgIpc) is 3.04. The molecule has 0 fully saturated rings. The maximum atomic E-state index is 6.50. The third kappa shape index (κ3) is 2.42. The molecule has 2 aromatic rings. The minimum absolute atomic E-state index is 0.121. The minimum Gasteiger partial charge on any atom is -0.319 e. The number of aryl methyl sites for hydroxylation is 3. The van der Waals surface area contributed by atoms with E-state index in [2.05, 4.69) is 46.2 Å². The molecule has 3 rings (SSSR count). The first kappa shape index (κ1) is 13.8. The highest BCUT2D eigenvalue weighted by Gasteiger charge is 2.20. The summed E-state index contributed by atoms with van der Waals surface area (Å²) in [7, 11) is 0. The molecular formula is C16H20BrN3. The standard InChI is InChI=1S/C16H20BrN3/c1-2-8-20-16(14(17)10-19-20)15(18)13-7-6-11-4-3-5-12(11)9-13/h6-7,9-10,15H,2-5,8,18H2,1H3. The number of aromatic nitrogens is 2. The van der Waals surface area contributed by atoms with Gasteiger partial charge in [-0.05, 0) is 58.3 Å². The number of fused-ring (bicyclic) bond motifs is 1. The zero-order valence-corrected chi connectivity index (χ0v) is 13.4. The first-order valence-corrected chi connectivity index (χ1v) is 8.08. The molecule has 1 atom stereocenters. The van der Waals surface area contributed by atoms with Crippen molar-refractivity contribution in [2.24, 2.45) is 5.73 Å². The summed E-state index contributed by atoms with van der Waals surface area (Å²) in [5, 5.41) is 4.41. The van der Waals surface area contributed by atoms with E-state index in [1.54, 1.807) is 0 Å². The van der Waals surface area contributed by atoms with E-state index in [4.69, 9.17) is 5.73 Å². The second-order valence-corrected chi connectivity index (χ2v) is 6.31. The summed E-state index contributed by atoms with van der Waals surface area (Å²) in [6.07, 6.45) is 6.56. The van der Waals surface area contributed by atoms with Crippen molar-refractivity contribution < 1.29 is 0 Å². The van der Waals surface area contributed by atoms with Crippen LogP contribution in [0.4, 0.5) is 0 Å². The van der Waals surface area contributed by atoms with Crippen LogP contribution in [-0.4, -0.2) is 9.78 Å². The number of nitrogens with zero attached hydrogens (tertiary/aromatic N) is 2. The highest BCUT2D eigenvalue weighted by Crippen LogP contribution is 2.30. The van der Waals surface area contributed by atoms with Gasteiger partial charge in [0.25, 0.3) is 0 Å². The molecule has 1 aromatic carbocycles. The molecule has 0 amide bonds. The number of hydrogen-bond acceptors (Lipinski definition) is 2. The van der Waals surface area contributed by atoms with Crippen LogP contribution in [0.1, 0.15) is 48.2 Å². The third-order valence-electron chi connectivity index (χ3n) is 4.04. The van der Waals surface area contributed by atoms with Gasteiger partial charge in [-0.2, -0.15) is 5.10 Å². The molecule has 0 spiro atoms. The Morgan fingerprint density at radius 3 is 2.95 bits per heavy atom. The molecule has 1 heterocycles. The predicted octanol–water partition coefficient (Wildman–Crippen LogP) is 3.59. The molecule has 2 N–H and O–H groups in total. The molecule has 4 heteroatoms. The van der Waals surface area contributed by atoms with Crippen molar-refractivity contribution >= 4 is 15.9 Å². The van der Waals surface area contributed by atoms with Crippen LogP contribution in [0.2, 0.25) is 0 Å². The minimum atomic E-state index is -0.121. The summed E-state index contributed by atoms with van der Waals surface area (Å²) in [5.41, 5.74) is 11.7. The van der Waals surface area contributed by atoms with Crippen molar-refractivity contribution in [1.29, 1.82) is 0 Å². The topological polar surface area (TPSA) is 43.8 Å². The van der Waals surface area contributed by atoms with Crippen LogP contribution in [0, 0.1) is 0 Å². The molecule has 3 nitrogen and oxygen atoms in total. The fourth-order valence-electron chi connectivity index (χ4n) is 3.01. The van der Waals surface area contributed by atoms with Crippen LogP contribution in [-0.2, 0) is 19.4 Å². The Hall–Kier alpha value is -1.13. The fraction of sp³-hybridized carbons (Fsp3) is 0.438. The van der Waals surface area contributed by atoms with Gasteiger partial charge in [0.1, 0.15) is 0 Å². The fourth-order valence-corrected chi connectivity index (χ4v) is 3.56. The van der Waals surface area contributed by atoms with Gasteiger partial charge >= 0.3 is 0 Å². The van der Waals surface area contributed by atoms with Crippen LogP contribution < -0.4 is 5.73 Å². The van der Waals surface area contributed by atoms with Crippen LogP contribution in [0.3, 0.4) is 0 Å². The molecule has 20 heavy (non-hydrogen) atoms. The monoisotopic (exact) mass is 333 g/mol. The second-order valence-electron chi connectivity index (χ2n) is 5.46. The Kier molecular flexibility index (Phi) is 3.94. The molecule has 0 saturated heterocycles. The van der Waals surface area contributed by atoms with E-state index in [0.717, 1.165) is 23.1 Å². The molecule has 1 unspecified atom stereocenters. The van der Waals surface area contributed by atoms with Crippen molar-refractivity contribution in [3.05, 3.63) is 51.3 Å². The van der Waals surface area contributed by atoms with E-state index in [1.165, 1.54) is 36.0 Å². The van der Waals surface area contributed by atoms with E-state index in [1.807, 2.05) is 10.9 Å². The van der Waals surface area contributed by atoms with Gasteiger partial charge in [-0.25, -0.2) is 0 Å². The van der Waals surface area contributed by atoms with Gasteiger partial charge in [0, 0.05) is 6.54 Å². The summed E-state index contributed by atoms with van der Waals surface area (Å²) < 4.78 is 3.01. The number of hydrogen-bond donors (Lipinski definition) is 1. The average molecular weight is 334 g/mol. The quantitative estimate of drug-likeness (QED) is 0.929. The smallest absolute Gasteiger partial charge is 0.0738 e. The van der Waals surface area contributed by atoms with Crippen molar-refractivity contribution in [1.82, 2.24) is 9.78 Å². The van der Waals surface area contributed by atoms with E-state index in [9.17, 15) is 0 Å². The lowest BCUT2D eigenvalue weighted by molar-refractivity contribution is 0.558. The maximum absolute atomic E-state index is 6.50. The first-order valence-electron chi connectivity index (χ1n) is 7.29. The maximum Gasteiger partial charge on any atom is 0.0738 e. The Bertz CT molecular complexity index is 618. The highest BCUT2D eigenvalue weighted by molar-refractivity contribution is 9.10. The van der Waals surface area contributed by atoms with Crippen molar-refractivity contribution in [2.75, 3.05) is 0 Å². The molecule has 0 saturated carbocycles. The number of rotatable bonds is 4. The Morgan fingerprint density at radius 2 is 2.15 bits per heavy atom. The Morgan fingerprint density at radius 1 is 1.35 bits per heavy atom. The molecular weight excluding hydrogens is 314 g/mol. The first-order chi connectivity index (χ1) is 9.70. The van der Waals surface area contributed by atoms with Crippen LogP contribution in [0.15, 0.2) is 28.9 Å². The van der Waals surface area contributed by atoms with Crippen molar-refractivity contribution in [3.63, 3.8) is 0 Å². The predicted molar refractivity (Wildman–Crippen MR) is 84.7 cm³/mol. The van der Waals surface area contributed by atoms with E-state index in [0.29, 0.717) is 0 Å². The van der Waals surface area contributed by atoms with Crippen molar-refractivity contribution in [2.45, 2.75) is 45.2 Å². The van der Waals surface area contributed by atoms with Crippen LogP contribution in [0.25, 0.3) is 0 Å². The molecule has 1 aromatic heterocycles. The summed E-state index contributed by atoms with van der Waals surface area (Å²) in [5.74, 6) is 0. The normalized spacial score (nSPS) is 15.3. The summed E-state index contributed by atoms with van der Waals surface area (Å²) >= 11 is 3.58. The molecule has 1 aliphatic carbocycles. The van der Waals surface area contributed by atoms with Gasteiger partial charge in [0.15, 0.2) is 0 Å². The molecule has 0 aliphatic heterocycles. The number of benzene rings is 1. The zero-order valence-electron chi connectivity index (χ0n) is 11.8. The van der Waals surface area contributed by atoms with Gasteiger partial charge in [0.2, 0.25) is 0 Å². The van der Waals surface area contributed by atoms with E-state index >= 15 is 0 Å². The summed E-state index contributed by atoms with van der Waals surface area (Å²) in [6, 6.07) is 6.57. The van der Waals surface area contributed by atoms with E-state index < -0.39 is 0 Å². The van der Waals surface area contributed by atoms with Gasteiger partial charge in [-0.15, -0.1) is 0 Å². The lowest BCUT2D eigenvalue weighted by Gasteiger charge is -2.16. The highest BCUT2D eigenvalue weighted by atomic mass is 79.9. The van der Waals surface area contributed by atoms with Gasteiger partial charge < -0.3 is 5.73 Å². The Labute approximate surface area is 128 Å². The number of nitrogens with two attached hydrogens (primary N) is 1.